The van der Waals surface area contributed by atoms with E-state index < -0.39 is 36.0 Å². The molecule has 0 heterocycles. The number of carbonyl (C=O) groups is 4. The van der Waals surface area contributed by atoms with Crippen molar-refractivity contribution in [3.05, 3.63) is 71.8 Å². The Labute approximate surface area is 186 Å². The van der Waals surface area contributed by atoms with Crippen molar-refractivity contribution in [2.45, 2.75) is 39.9 Å². The molecule has 32 heavy (non-hydrogen) atoms. The summed E-state index contributed by atoms with van der Waals surface area (Å²) in [6, 6.07) is 14.4. The van der Waals surface area contributed by atoms with Crippen molar-refractivity contribution in [3.63, 3.8) is 0 Å². The number of ether oxygens (including phenoxy) is 2. The van der Waals surface area contributed by atoms with E-state index in [4.69, 9.17) is 9.47 Å². The first-order valence-electron chi connectivity index (χ1n) is 9.99. The number of aryl methyl sites for hydroxylation is 2. The predicted octanol–water partition coefficient (Wildman–Crippen LogP) is 3.30. The zero-order valence-corrected chi connectivity index (χ0v) is 18.4. The van der Waals surface area contributed by atoms with Gasteiger partial charge < -0.3 is 20.1 Å². The van der Waals surface area contributed by atoms with Gasteiger partial charge in [-0.1, -0.05) is 36.4 Å². The molecule has 0 aromatic heterocycles. The van der Waals surface area contributed by atoms with Gasteiger partial charge in [0.1, 0.15) is 0 Å². The maximum atomic E-state index is 12.2. The average molecular weight is 438 g/mol. The van der Waals surface area contributed by atoms with Crippen LogP contribution < -0.4 is 10.6 Å². The molecule has 2 N–H and O–H groups in total. The molecule has 8 nitrogen and oxygen atoms in total. The lowest BCUT2D eigenvalue weighted by Crippen LogP contribution is -2.30. The van der Waals surface area contributed by atoms with E-state index in [0.29, 0.717) is 11.4 Å². The highest BCUT2D eigenvalue weighted by molar-refractivity contribution is 5.99. The fraction of sp³-hybridized carbons (Fsp3) is 0.250. The lowest BCUT2D eigenvalue weighted by atomic mass is 10.2. The third-order valence-electron chi connectivity index (χ3n) is 4.49. The van der Waals surface area contributed by atoms with Crippen molar-refractivity contribution < 1.29 is 28.7 Å². The number of hydrogen-bond acceptors (Lipinski definition) is 6. The Hall–Kier alpha value is -3.94. The molecule has 0 spiro atoms. The number of anilines is 2. The standard InChI is InChI=1S/C24H26N2O6/c1-15-9-5-7-11-19(15)25-23(29)17(3)31-21(27)13-14-22(28)32-18(4)24(30)26-20-12-8-6-10-16(20)2/h5-14,17-18H,1-4H3,(H,25,29)(H,26,30)/b14-13+. The summed E-state index contributed by atoms with van der Waals surface area (Å²) in [5.41, 5.74) is 2.94. The van der Waals surface area contributed by atoms with Gasteiger partial charge in [-0.25, -0.2) is 9.59 Å². The summed E-state index contributed by atoms with van der Waals surface area (Å²) in [6.07, 6.45) is -0.485. The summed E-state index contributed by atoms with van der Waals surface area (Å²) in [5, 5.41) is 5.33. The molecule has 0 saturated carbocycles. The minimum atomic E-state index is -1.08. The Kier molecular flexibility index (Phi) is 8.71. The van der Waals surface area contributed by atoms with Gasteiger partial charge in [-0.2, -0.15) is 0 Å². The smallest absolute Gasteiger partial charge is 0.331 e. The van der Waals surface area contributed by atoms with Crippen molar-refractivity contribution in [2.75, 3.05) is 10.6 Å². The first-order valence-corrected chi connectivity index (χ1v) is 9.99. The number of carbonyl (C=O) groups excluding carboxylic acids is 4. The molecule has 0 saturated heterocycles. The van der Waals surface area contributed by atoms with Crippen molar-refractivity contribution in [3.8, 4) is 0 Å². The third kappa shape index (κ3) is 7.39. The highest BCUT2D eigenvalue weighted by Crippen LogP contribution is 2.15. The zero-order chi connectivity index (χ0) is 23.7. The van der Waals surface area contributed by atoms with E-state index in [9.17, 15) is 19.2 Å². The van der Waals surface area contributed by atoms with Crippen LogP contribution in [0.2, 0.25) is 0 Å². The molecule has 2 rings (SSSR count). The topological polar surface area (TPSA) is 111 Å². The number of amides is 2. The fourth-order valence-electron chi connectivity index (χ4n) is 2.57. The third-order valence-corrected chi connectivity index (χ3v) is 4.49. The van der Waals surface area contributed by atoms with Crippen LogP contribution in [0.25, 0.3) is 0 Å². The highest BCUT2D eigenvalue weighted by atomic mass is 16.6. The summed E-state index contributed by atoms with van der Waals surface area (Å²) >= 11 is 0. The molecule has 2 unspecified atom stereocenters. The van der Waals surface area contributed by atoms with E-state index in [1.165, 1.54) is 13.8 Å². The Bertz CT molecular complexity index is 949. The van der Waals surface area contributed by atoms with E-state index >= 15 is 0 Å². The van der Waals surface area contributed by atoms with Crippen LogP contribution in [0.1, 0.15) is 25.0 Å². The largest absolute Gasteiger partial charge is 0.449 e. The molecule has 0 radical (unpaired) electrons. The van der Waals surface area contributed by atoms with E-state index in [0.717, 1.165) is 23.3 Å². The molecule has 0 bridgehead atoms. The molecule has 2 aromatic carbocycles. The van der Waals surface area contributed by atoms with Crippen LogP contribution in [-0.2, 0) is 28.7 Å². The Balaban J connectivity index is 1.81. The van der Waals surface area contributed by atoms with E-state index in [2.05, 4.69) is 10.6 Å². The maximum absolute atomic E-state index is 12.2. The second-order valence-electron chi connectivity index (χ2n) is 7.10. The predicted molar refractivity (Wildman–Crippen MR) is 120 cm³/mol. The Morgan fingerprint density at radius 3 is 1.38 bits per heavy atom. The molecule has 2 aromatic rings. The van der Waals surface area contributed by atoms with Gasteiger partial charge in [0, 0.05) is 23.5 Å². The minimum absolute atomic E-state index is 0.509. The average Bonchev–Trinajstić information content (AvgIpc) is 2.75. The second-order valence-corrected chi connectivity index (χ2v) is 7.10. The summed E-state index contributed by atoms with van der Waals surface area (Å²) in [5.74, 6) is -2.81. The lowest BCUT2D eigenvalue weighted by Gasteiger charge is -2.14. The molecule has 168 valence electrons. The van der Waals surface area contributed by atoms with Crippen molar-refractivity contribution in [1.82, 2.24) is 0 Å². The number of hydrogen-bond donors (Lipinski definition) is 2. The normalized spacial score (nSPS) is 12.5. The van der Waals surface area contributed by atoms with Gasteiger partial charge in [0.25, 0.3) is 11.8 Å². The van der Waals surface area contributed by atoms with Gasteiger partial charge in [-0.15, -0.1) is 0 Å². The summed E-state index contributed by atoms with van der Waals surface area (Å²) in [4.78, 5) is 48.2. The Morgan fingerprint density at radius 1 is 0.688 bits per heavy atom. The van der Waals surface area contributed by atoms with Gasteiger partial charge in [-0.05, 0) is 51.0 Å². The van der Waals surface area contributed by atoms with Crippen molar-refractivity contribution >= 4 is 35.1 Å². The van der Waals surface area contributed by atoms with Gasteiger partial charge >= 0.3 is 11.9 Å². The Morgan fingerprint density at radius 2 is 1.03 bits per heavy atom. The van der Waals surface area contributed by atoms with E-state index in [-0.39, 0.29) is 0 Å². The van der Waals surface area contributed by atoms with Crippen LogP contribution in [0.5, 0.6) is 0 Å². The SMILES string of the molecule is Cc1ccccc1NC(=O)C(C)OC(=O)/C=C/C(=O)OC(C)C(=O)Nc1ccccc1C. The maximum Gasteiger partial charge on any atom is 0.331 e. The van der Waals surface area contributed by atoms with Crippen LogP contribution in [0, 0.1) is 13.8 Å². The fourth-order valence-corrected chi connectivity index (χ4v) is 2.57. The molecule has 8 heteroatoms. The number of esters is 2. The first kappa shape index (κ1) is 24.3. The number of rotatable bonds is 8. The molecule has 0 aliphatic heterocycles. The zero-order valence-electron chi connectivity index (χ0n) is 18.4. The number of nitrogens with one attached hydrogen (secondary N) is 2. The summed E-state index contributed by atoms with van der Waals surface area (Å²) in [7, 11) is 0. The van der Waals surface area contributed by atoms with Crippen molar-refractivity contribution in [1.29, 1.82) is 0 Å². The molecular weight excluding hydrogens is 412 g/mol. The molecular formula is C24H26N2O6. The number of para-hydroxylation sites is 2. The summed E-state index contributed by atoms with van der Waals surface area (Å²) < 4.78 is 9.99. The van der Waals surface area contributed by atoms with Gasteiger partial charge in [0.2, 0.25) is 0 Å². The van der Waals surface area contributed by atoms with Gasteiger partial charge in [0.15, 0.2) is 12.2 Å². The van der Waals surface area contributed by atoms with Crippen LogP contribution in [-0.4, -0.2) is 36.0 Å². The van der Waals surface area contributed by atoms with Crippen LogP contribution in [0.15, 0.2) is 60.7 Å². The quantitative estimate of drug-likeness (QED) is 0.483. The molecule has 2 amide bonds. The van der Waals surface area contributed by atoms with E-state index in [1.807, 2.05) is 38.1 Å². The molecule has 2 atom stereocenters. The lowest BCUT2D eigenvalue weighted by molar-refractivity contribution is -0.149. The second kappa shape index (κ2) is 11.5. The van der Waals surface area contributed by atoms with Crippen LogP contribution in [0.4, 0.5) is 11.4 Å². The monoisotopic (exact) mass is 438 g/mol. The van der Waals surface area contributed by atoms with Gasteiger partial charge in [0.05, 0.1) is 0 Å². The highest BCUT2D eigenvalue weighted by Gasteiger charge is 2.19. The van der Waals surface area contributed by atoms with Crippen LogP contribution >= 0.6 is 0 Å². The molecule has 0 fully saturated rings. The minimum Gasteiger partial charge on any atom is -0.449 e. The van der Waals surface area contributed by atoms with Gasteiger partial charge in [-0.3, -0.25) is 9.59 Å². The molecule has 0 aliphatic rings. The van der Waals surface area contributed by atoms with Crippen molar-refractivity contribution in [2.24, 2.45) is 0 Å². The number of benzene rings is 2. The van der Waals surface area contributed by atoms with Crippen LogP contribution in [0.3, 0.4) is 0 Å². The molecule has 0 aliphatic carbocycles. The van der Waals surface area contributed by atoms with E-state index in [1.54, 1.807) is 24.3 Å². The first-order chi connectivity index (χ1) is 15.2. The summed E-state index contributed by atoms with van der Waals surface area (Å²) in [6.45, 7) is 6.50.